The molecule has 1 aromatic rings. The van der Waals surface area contributed by atoms with Crippen molar-refractivity contribution >= 4 is 9.84 Å². The Morgan fingerprint density at radius 3 is 2.42 bits per heavy atom. The molecule has 0 atom stereocenters. The van der Waals surface area contributed by atoms with E-state index >= 15 is 0 Å². The molecule has 1 fully saturated rings. The summed E-state index contributed by atoms with van der Waals surface area (Å²) in [6.45, 7) is 0.554. The Morgan fingerprint density at radius 1 is 1.26 bits per heavy atom. The predicted octanol–water partition coefficient (Wildman–Crippen LogP) is 1.58. The molecule has 1 aromatic carbocycles. The SMILES string of the molecule is COc1ccc(C2CC(NCCS(C)(=O)=O)C2)cc1. The molecule has 0 bridgehead atoms. The number of ether oxygens (including phenoxy) is 1. The standard InChI is InChI=1S/C14H21NO3S/c1-18-14-5-3-11(4-6-14)12-9-13(10-12)15-7-8-19(2,16)17/h3-6,12-13,15H,7-10H2,1-2H3. The van der Waals surface area contributed by atoms with Crippen LogP contribution in [0.4, 0.5) is 0 Å². The fraction of sp³-hybridized carbons (Fsp3) is 0.571. The molecule has 0 amide bonds. The highest BCUT2D eigenvalue weighted by molar-refractivity contribution is 7.90. The van der Waals surface area contributed by atoms with Crippen molar-refractivity contribution in [3.63, 3.8) is 0 Å². The van der Waals surface area contributed by atoms with Crippen LogP contribution in [0.25, 0.3) is 0 Å². The topological polar surface area (TPSA) is 55.4 Å². The molecule has 1 N–H and O–H groups in total. The molecule has 106 valence electrons. The third-order valence-electron chi connectivity index (χ3n) is 3.63. The summed E-state index contributed by atoms with van der Waals surface area (Å²) in [6, 6.07) is 8.64. The second-order valence-corrected chi connectivity index (χ2v) is 7.48. The molecule has 0 saturated heterocycles. The smallest absolute Gasteiger partial charge is 0.148 e. The summed E-state index contributed by atoms with van der Waals surface area (Å²) >= 11 is 0. The lowest BCUT2D eigenvalue weighted by atomic mass is 9.76. The number of nitrogens with one attached hydrogen (secondary N) is 1. The molecule has 0 aromatic heterocycles. The Bertz CT molecular complexity index is 504. The molecule has 0 spiro atoms. The van der Waals surface area contributed by atoms with E-state index < -0.39 is 9.84 Å². The molecule has 2 rings (SSSR count). The van der Waals surface area contributed by atoms with E-state index in [4.69, 9.17) is 4.74 Å². The van der Waals surface area contributed by atoms with Gasteiger partial charge >= 0.3 is 0 Å². The van der Waals surface area contributed by atoms with Gasteiger partial charge in [-0.1, -0.05) is 12.1 Å². The first-order valence-corrected chi connectivity index (χ1v) is 8.59. The van der Waals surface area contributed by atoms with Crippen molar-refractivity contribution in [2.45, 2.75) is 24.8 Å². The highest BCUT2D eigenvalue weighted by Crippen LogP contribution is 2.37. The van der Waals surface area contributed by atoms with Crippen LogP contribution in [0.1, 0.15) is 24.3 Å². The number of rotatable bonds is 6. The van der Waals surface area contributed by atoms with Crippen molar-refractivity contribution in [2.75, 3.05) is 25.7 Å². The summed E-state index contributed by atoms with van der Waals surface area (Å²) in [5.41, 5.74) is 1.34. The van der Waals surface area contributed by atoms with Crippen molar-refractivity contribution in [3.8, 4) is 5.75 Å². The van der Waals surface area contributed by atoms with E-state index in [0.717, 1.165) is 18.6 Å². The Labute approximate surface area is 115 Å². The van der Waals surface area contributed by atoms with E-state index in [2.05, 4.69) is 17.4 Å². The minimum absolute atomic E-state index is 0.219. The molecule has 4 nitrogen and oxygen atoms in total. The lowest BCUT2D eigenvalue weighted by Gasteiger charge is -2.36. The Balaban J connectivity index is 1.73. The van der Waals surface area contributed by atoms with Crippen molar-refractivity contribution in [1.29, 1.82) is 0 Å². The highest BCUT2D eigenvalue weighted by atomic mass is 32.2. The van der Waals surface area contributed by atoms with E-state index in [1.165, 1.54) is 11.8 Å². The van der Waals surface area contributed by atoms with Crippen molar-refractivity contribution in [3.05, 3.63) is 29.8 Å². The summed E-state index contributed by atoms with van der Waals surface area (Å²) in [7, 11) is -1.19. The van der Waals surface area contributed by atoms with Crippen LogP contribution in [-0.2, 0) is 9.84 Å². The molecule has 0 aliphatic heterocycles. The van der Waals surface area contributed by atoms with Crippen LogP contribution < -0.4 is 10.1 Å². The van der Waals surface area contributed by atoms with Gasteiger partial charge in [0.25, 0.3) is 0 Å². The van der Waals surface area contributed by atoms with Gasteiger partial charge in [0.05, 0.1) is 12.9 Å². The Kier molecular flexibility index (Phi) is 4.47. The monoisotopic (exact) mass is 283 g/mol. The van der Waals surface area contributed by atoms with Gasteiger partial charge in [-0.05, 0) is 36.5 Å². The normalized spacial score (nSPS) is 22.8. The van der Waals surface area contributed by atoms with Crippen molar-refractivity contribution < 1.29 is 13.2 Å². The van der Waals surface area contributed by atoms with Gasteiger partial charge in [0, 0.05) is 18.8 Å². The second-order valence-electron chi connectivity index (χ2n) is 5.22. The third kappa shape index (κ3) is 4.21. The van der Waals surface area contributed by atoms with Gasteiger partial charge in [-0.25, -0.2) is 8.42 Å². The van der Waals surface area contributed by atoms with Crippen LogP contribution in [0.5, 0.6) is 5.75 Å². The largest absolute Gasteiger partial charge is 0.497 e. The molecular weight excluding hydrogens is 262 g/mol. The zero-order chi connectivity index (χ0) is 13.9. The lowest BCUT2D eigenvalue weighted by Crippen LogP contribution is -2.41. The van der Waals surface area contributed by atoms with Gasteiger partial charge < -0.3 is 10.1 Å². The van der Waals surface area contributed by atoms with Gasteiger partial charge in [-0.15, -0.1) is 0 Å². The van der Waals surface area contributed by atoms with Gasteiger partial charge in [-0.3, -0.25) is 0 Å². The van der Waals surface area contributed by atoms with Gasteiger partial charge in [-0.2, -0.15) is 0 Å². The fourth-order valence-corrected chi connectivity index (χ4v) is 2.87. The highest BCUT2D eigenvalue weighted by Gasteiger charge is 2.29. The van der Waals surface area contributed by atoms with Crippen LogP contribution in [0.15, 0.2) is 24.3 Å². The molecule has 5 heteroatoms. The minimum atomic E-state index is -2.85. The van der Waals surface area contributed by atoms with Crippen molar-refractivity contribution in [1.82, 2.24) is 5.32 Å². The van der Waals surface area contributed by atoms with E-state index in [-0.39, 0.29) is 5.75 Å². The second kappa shape index (κ2) is 5.92. The van der Waals surface area contributed by atoms with Gasteiger partial charge in [0.2, 0.25) is 0 Å². The predicted molar refractivity (Wildman–Crippen MR) is 76.5 cm³/mol. The van der Waals surface area contributed by atoms with Crippen LogP contribution in [-0.4, -0.2) is 40.1 Å². The van der Waals surface area contributed by atoms with E-state index in [1.807, 2.05) is 12.1 Å². The van der Waals surface area contributed by atoms with Gasteiger partial charge in [0.1, 0.15) is 15.6 Å². The Hall–Kier alpha value is -1.07. The fourth-order valence-electron chi connectivity index (χ4n) is 2.38. The zero-order valence-electron chi connectivity index (χ0n) is 11.4. The maximum Gasteiger partial charge on any atom is 0.148 e. The molecule has 1 aliphatic carbocycles. The first kappa shape index (κ1) is 14.3. The Morgan fingerprint density at radius 2 is 1.89 bits per heavy atom. The minimum Gasteiger partial charge on any atom is -0.497 e. The van der Waals surface area contributed by atoms with Crippen LogP contribution in [0.2, 0.25) is 0 Å². The average molecular weight is 283 g/mol. The van der Waals surface area contributed by atoms with Gasteiger partial charge in [0.15, 0.2) is 0 Å². The van der Waals surface area contributed by atoms with Crippen LogP contribution in [0.3, 0.4) is 0 Å². The summed E-state index contributed by atoms with van der Waals surface area (Å²) in [5, 5.41) is 3.29. The van der Waals surface area contributed by atoms with E-state index in [9.17, 15) is 8.42 Å². The van der Waals surface area contributed by atoms with Crippen LogP contribution >= 0.6 is 0 Å². The summed E-state index contributed by atoms with van der Waals surface area (Å²) in [6.07, 6.45) is 3.43. The summed E-state index contributed by atoms with van der Waals surface area (Å²) in [5.74, 6) is 1.68. The first-order valence-electron chi connectivity index (χ1n) is 6.53. The molecular formula is C14H21NO3S. The maximum absolute atomic E-state index is 11.0. The number of methoxy groups -OCH3 is 1. The van der Waals surface area contributed by atoms with E-state index in [0.29, 0.717) is 18.5 Å². The third-order valence-corrected chi connectivity index (χ3v) is 4.58. The lowest BCUT2D eigenvalue weighted by molar-refractivity contribution is 0.296. The molecule has 0 heterocycles. The number of hydrogen-bond donors (Lipinski definition) is 1. The summed E-state index contributed by atoms with van der Waals surface area (Å²) < 4.78 is 27.2. The number of hydrogen-bond acceptors (Lipinski definition) is 4. The first-order chi connectivity index (χ1) is 8.98. The number of sulfone groups is 1. The average Bonchev–Trinajstić information content (AvgIpc) is 2.31. The molecule has 1 saturated carbocycles. The maximum atomic E-state index is 11.0. The van der Waals surface area contributed by atoms with Crippen LogP contribution in [0, 0.1) is 0 Å². The van der Waals surface area contributed by atoms with Crippen molar-refractivity contribution in [2.24, 2.45) is 0 Å². The quantitative estimate of drug-likeness (QED) is 0.861. The molecule has 1 aliphatic rings. The summed E-state index contributed by atoms with van der Waals surface area (Å²) in [4.78, 5) is 0. The number of benzene rings is 1. The van der Waals surface area contributed by atoms with E-state index in [1.54, 1.807) is 7.11 Å². The molecule has 19 heavy (non-hydrogen) atoms. The molecule has 0 unspecified atom stereocenters. The zero-order valence-corrected chi connectivity index (χ0v) is 12.2. The molecule has 0 radical (unpaired) electrons.